The summed E-state index contributed by atoms with van der Waals surface area (Å²) < 4.78 is 19.5. The molecule has 2 unspecified atom stereocenters. The normalized spacial score (nSPS) is 28.2. The zero-order valence-corrected chi connectivity index (χ0v) is 13.2. The van der Waals surface area contributed by atoms with E-state index in [0.717, 1.165) is 37.2 Å². The van der Waals surface area contributed by atoms with Crippen molar-refractivity contribution < 1.29 is 14.2 Å². The van der Waals surface area contributed by atoms with Gasteiger partial charge >= 0.3 is 0 Å². The summed E-state index contributed by atoms with van der Waals surface area (Å²) in [6.07, 6.45) is 6.48. The zero-order valence-electron chi connectivity index (χ0n) is 12.3. The molecule has 0 saturated carbocycles. The Balaban J connectivity index is 1.81. The van der Waals surface area contributed by atoms with Gasteiger partial charge in [0.1, 0.15) is 5.82 Å². The minimum Gasteiger partial charge on any atom is -0.385 e. The van der Waals surface area contributed by atoms with Crippen LogP contribution < -0.4 is 0 Å². The van der Waals surface area contributed by atoms with E-state index < -0.39 is 11.4 Å². The van der Waals surface area contributed by atoms with Crippen molar-refractivity contribution in [2.24, 2.45) is 5.92 Å². The van der Waals surface area contributed by atoms with Gasteiger partial charge in [0.05, 0.1) is 17.4 Å². The summed E-state index contributed by atoms with van der Waals surface area (Å²) in [4.78, 5) is 3.88. The van der Waals surface area contributed by atoms with Crippen molar-refractivity contribution in [3.05, 3.63) is 29.8 Å². The van der Waals surface area contributed by atoms with Gasteiger partial charge < -0.3 is 9.84 Å². The molecule has 1 aromatic rings. The van der Waals surface area contributed by atoms with Crippen molar-refractivity contribution in [2.45, 2.75) is 43.8 Å². The second-order valence-electron chi connectivity index (χ2n) is 6.37. The number of ether oxygens (including phenoxy) is 1. The molecule has 0 aromatic carbocycles. The Morgan fingerprint density at radius 1 is 1.43 bits per heavy atom. The standard InChI is InChI=1S/C16H22FNO2S/c1-15(19,13-8-14(17)11-18-10-13)12-2-5-20-16(9-12)3-6-21-7-4-16/h8,10-12,19H,2-7,9H2,1H3. The van der Waals surface area contributed by atoms with Gasteiger partial charge in [-0.3, -0.25) is 4.98 Å². The van der Waals surface area contributed by atoms with Gasteiger partial charge in [0.2, 0.25) is 0 Å². The number of aliphatic hydroxyl groups is 1. The highest BCUT2D eigenvalue weighted by atomic mass is 32.2. The summed E-state index contributed by atoms with van der Waals surface area (Å²) >= 11 is 1.97. The predicted octanol–water partition coefficient (Wildman–Crippen LogP) is 3.12. The average molecular weight is 311 g/mol. The van der Waals surface area contributed by atoms with Gasteiger partial charge in [0.25, 0.3) is 0 Å². The molecule has 2 atom stereocenters. The lowest BCUT2D eigenvalue weighted by molar-refractivity contribution is -0.144. The largest absolute Gasteiger partial charge is 0.385 e. The fraction of sp³-hybridized carbons (Fsp3) is 0.688. The maximum absolute atomic E-state index is 13.4. The monoisotopic (exact) mass is 311 g/mol. The lowest BCUT2D eigenvalue weighted by Crippen LogP contribution is -2.48. The maximum Gasteiger partial charge on any atom is 0.141 e. The molecule has 0 amide bonds. The van der Waals surface area contributed by atoms with E-state index in [-0.39, 0.29) is 11.5 Å². The van der Waals surface area contributed by atoms with Crippen LogP contribution in [0.5, 0.6) is 0 Å². The van der Waals surface area contributed by atoms with Crippen LogP contribution in [-0.2, 0) is 10.3 Å². The van der Waals surface area contributed by atoms with E-state index in [4.69, 9.17) is 4.74 Å². The van der Waals surface area contributed by atoms with Crippen LogP contribution in [0.3, 0.4) is 0 Å². The van der Waals surface area contributed by atoms with E-state index in [1.807, 2.05) is 11.8 Å². The number of nitrogens with zero attached hydrogens (tertiary/aromatic N) is 1. The van der Waals surface area contributed by atoms with E-state index in [1.165, 1.54) is 12.3 Å². The third-order valence-electron chi connectivity index (χ3n) is 4.98. The van der Waals surface area contributed by atoms with Crippen LogP contribution in [0.15, 0.2) is 18.5 Å². The van der Waals surface area contributed by atoms with Crippen molar-refractivity contribution in [3.8, 4) is 0 Å². The molecule has 2 fully saturated rings. The van der Waals surface area contributed by atoms with Crippen LogP contribution in [-0.4, -0.2) is 33.8 Å². The molecule has 1 N–H and O–H groups in total. The van der Waals surface area contributed by atoms with Crippen LogP contribution in [0.1, 0.15) is 38.2 Å². The lowest BCUT2D eigenvalue weighted by atomic mass is 9.72. The van der Waals surface area contributed by atoms with Crippen molar-refractivity contribution >= 4 is 11.8 Å². The Bertz CT molecular complexity index is 497. The van der Waals surface area contributed by atoms with Crippen molar-refractivity contribution in [3.63, 3.8) is 0 Å². The van der Waals surface area contributed by atoms with Crippen molar-refractivity contribution in [1.29, 1.82) is 0 Å². The highest BCUT2D eigenvalue weighted by Gasteiger charge is 2.45. The number of thioether (sulfide) groups is 1. The molecule has 0 radical (unpaired) electrons. The first kappa shape index (κ1) is 15.3. The number of hydrogen-bond acceptors (Lipinski definition) is 4. The summed E-state index contributed by atoms with van der Waals surface area (Å²) in [6, 6.07) is 1.39. The van der Waals surface area contributed by atoms with Crippen LogP contribution in [0.2, 0.25) is 0 Å². The molecule has 116 valence electrons. The predicted molar refractivity (Wildman–Crippen MR) is 81.7 cm³/mol. The Kier molecular flexibility index (Phi) is 4.26. The SMILES string of the molecule is CC(O)(c1cncc(F)c1)C1CCOC2(CCSCC2)C1. The lowest BCUT2D eigenvalue weighted by Gasteiger charge is -2.47. The summed E-state index contributed by atoms with van der Waals surface area (Å²) in [6.45, 7) is 2.46. The smallest absolute Gasteiger partial charge is 0.141 e. The molecule has 5 heteroatoms. The van der Waals surface area contributed by atoms with E-state index in [0.29, 0.717) is 12.2 Å². The molecule has 3 nitrogen and oxygen atoms in total. The molecule has 0 aliphatic carbocycles. The summed E-state index contributed by atoms with van der Waals surface area (Å²) in [7, 11) is 0. The molecule has 1 spiro atoms. The molecule has 2 aliphatic heterocycles. The zero-order chi connectivity index (χ0) is 14.9. The molecule has 21 heavy (non-hydrogen) atoms. The molecule has 2 saturated heterocycles. The third kappa shape index (κ3) is 3.10. The molecule has 3 heterocycles. The van der Waals surface area contributed by atoms with Gasteiger partial charge in [-0.2, -0.15) is 11.8 Å². The van der Waals surface area contributed by atoms with Crippen molar-refractivity contribution in [2.75, 3.05) is 18.1 Å². The number of hydrogen-bond donors (Lipinski definition) is 1. The first-order chi connectivity index (χ1) is 10.0. The minimum atomic E-state index is -1.06. The second-order valence-corrected chi connectivity index (χ2v) is 7.60. The molecular weight excluding hydrogens is 289 g/mol. The topological polar surface area (TPSA) is 42.4 Å². The summed E-state index contributed by atoms with van der Waals surface area (Å²) in [5, 5.41) is 11.0. The molecule has 0 bridgehead atoms. The van der Waals surface area contributed by atoms with Gasteiger partial charge in [-0.05, 0) is 56.1 Å². The van der Waals surface area contributed by atoms with E-state index >= 15 is 0 Å². The maximum atomic E-state index is 13.4. The fourth-order valence-corrected chi connectivity index (χ4v) is 4.76. The van der Waals surface area contributed by atoms with Gasteiger partial charge in [-0.1, -0.05) is 0 Å². The number of aromatic nitrogens is 1. The number of halogens is 1. The summed E-state index contributed by atoms with van der Waals surface area (Å²) in [5.41, 5.74) is -0.579. The van der Waals surface area contributed by atoms with Crippen molar-refractivity contribution in [1.82, 2.24) is 4.98 Å². The highest BCUT2D eigenvalue weighted by Crippen LogP contribution is 2.45. The van der Waals surface area contributed by atoms with Crippen LogP contribution in [0.25, 0.3) is 0 Å². The minimum absolute atomic E-state index is 0.0814. The highest BCUT2D eigenvalue weighted by molar-refractivity contribution is 7.99. The quantitative estimate of drug-likeness (QED) is 0.911. The first-order valence-electron chi connectivity index (χ1n) is 7.57. The fourth-order valence-electron chi connectivity index (χ4n) is 3.52. The Morgan fingerprint density at radius 2 is 2.19 bits per heavy atom. The Hall–Kier alpha value is -0.650. The Labute approximate surface area is 129 Å². The van der Waals surface area contributed by atoms with E-state index in [1.54, 1.807) is 13.1 Å². The third-order valence-corrected chi connectivity index (χ3v) is 5.97. The molecule has 1 aromatic heterocycles. The van der Waals surface area contributed by atoms with Gasteiger partial charge in [-0.15, -0.1) is 0 Å². The first-order valence-corrected chi connectivity index (χ1v) is 8.72. The average Bonchev–Trinajstić information content (AvgIpc) is 2.48. The Morgan fingerprint density at radius 3 is 2.90 bits per heavy atom. The van der Waals surface area contributed by atoms with Gasteiger partial charge in [-0.25, -0.2) is 4.39 Å². The number of rotatable bonds is 2. The van der Waals surface area contributed by atoms with Crippen LogP contribution in [0, 0.1) is 11.7 Å². The second kappa shape index (κ2) is 5.86. The van der Waals surface area contributed by atoms with Gasteiger partial charge in [0.15, 0.2) is 0 Å². The van der Waals surface area contributed by atoms with Crippen LogP contribution >= 0.6 is 11.8 Å². The van der Waals surface area contributed by atoms with Crippen LogP contribution in [0.4, 0.5) is 4.39 Å². The number of pyridine rings is 1. The molecule has 2 aliphatic rings. The summed E-state index contributed by atoms with van der Waals surface area (Å²) in [5.74, 6) is 1.92. The molecule has 3 rings (SSSR count). The van der Waals surface area contributed by atoms with Gasteiger partial charge in [0, 0.05) is 18.4 Å². The van der Waals surface area contributed by atoms with E-state index in [2.05, 4.69) is 4.98 Å². The van der Waals surface area contributed by atoms with E-state index in [9.17, 15) is 9.50 Å². The molecular formula is C16H22FNO2S.